The van der Waals surface area contributed by atoms with Gasteiger partial charge in [-0.05, 0) is 26.2 Å². The van der Waals surface area contributed by atoms with Crippen LogP contribution in [0.2, 0.25) is 0 Å². The molecule has 1 atom stereocenters. The Morgan fingerprint density at radius 3 is 0.905 bits per heavy atom. The van der Waals surface area contributed by atoms with Crippen molar-refractivity contribution in [2.75, 3.05) is 0 Å². The lowest BCUT2D eigenvalue weighted by molar-refractivity contribution is -0.148. The predicted molar refractivity (Wildman–Crippen MR) is 188 cm³/mol. The molecule has 1 unspecified atom stereocenters. The van der Waals surface area contributed by atoms with Crippen LogP contribution in [0.5, 0.6) is 0 Å². The second-order valence-corrected chi connectivity index (χ2v) is 13.8. The quantitative estimate of drug-likeness (QED) is 0.0534. The summed E-state index contributed by atoms with van der Waals surface area (Å²) in [6, 6.07) is 0. The van der Waals surface area contributed by atoms with E-state index in [1.165, 1.54) is 205 Å². The minimum Gasteiger partial charge on any atom is -0.463 e. The first-order valence-electron chi connectivity index (χ1n) is 19.9. The van der Waals surface area contributed by atoms with E-state index < -0.39 is 0 Å². The molecule has 2 heteroatoms. The minimum absolute atomic E-state index is 0.0276. The van der Waals surface area contributed by atoms with Gasteiger partial charge < -0.3 is 4.74 Å². The van der Waals surface area contributed by atoms with Crippen LogP contribution in [-0.2, 0) is 9.53 Å². The van der Waals surface area contributed by atoms with Gasteiger partial charge in [-0.25, -0.2) is 0 Å². The van der Waals surface area contributed by atoms with Gasteiger partial charge in [0.1, 0.15) is 0 Å². The number of esters is 1. The maximum absolute atomic E-state index is 12.2. The molecule has 0 spiro atoms. The topological polar surface area (TPSA) is 26.3 Å². The van der Waals surface area contributed by atoms with Gasteiger partial charge in [-0.15, -0.1) is 0 Å². The SMILES string of the molecule is CCCCCCCCCCCCCCCCCCCCCC(=O)OC(C)CCCCCCCCCCCCCCCC. The van der Waals surface area contributed by atoms with E-state index in [9.17, 15) is 4.79 Å². The van der Waals surface area contributed by atoms with Crippen LogP contribution in [0, 0.1) is 0 Å². The van der Waals surface area contributed by atoms with Crippen LogP contribution in [0.1, 0.15) is 245 Å². The lowest BCUT2D eigenvalue weighted by Gasteiger charge is -2.13. The number of hydrogen-bond acceptors (Lipinski definition) is 2. The van der Waals surface area contributed by atoms with Gasteiger partial charge in [0.05, 0.1) is 6.10 Å². The van der Waals surface area contributed by atoms with E-state index in [-0.39, 0.29) is 12.1 Å². The number of ether oxygens (including phenoxy) is 1. The molecule has 0 saturated heterocycles. The van der Waals surface area contributed by atoms with Gasteiger partial charge in [0.2, 0.25) is 0 Å². The summed E-state index contributed by atoms with van der Waals surface area (Å²) in [7, 11) is 0. The van der Waals surface area contributed by atoms with Gasteiger partial charge in [0, 0.05) is 6.42 Å². The Kier molecular flexibility index (Phi) is 36.2. The molecule has 2 nitrogen and oxygen atoms in total. The normalized spacial score (nSPS) is 12.2. The van der Waals surface area contributed by atoms with Crippen LogP contribution in [0.15, 0.2) is 0 Å². The van der Waals surface area contributed by atoms with Crippen molar-refractivity contribution in [3.63, 3.8) is 0 Å². The highest BCUT2D eigenvalue weighted by molar-refractivity contribution is 5.69. The smallest absolute Gasteiger partial charge is 0.306 e. The summed E-state index contributed by atoms with van der Waals surface area (Å²) < 4.78 is 5.66. The molecule has 0 fully saturated rings. The summed E-state index contributed by atoms with van der Waals surface area (Å²) >= 11 is 0. The molecule has 0 aliphatic carbocycles. The Labute approximate surface area is 266 Å². The Morgan fingerprint density at radius 2 is 0.619 bits per heavy atom. The molecule has 252 valence electrons. The van der Waals surface area contributed by atoms with Crippen LogP contribution in [0.4, 0.5) is 0 Å². The zero-order chi connectivity index (χ0) is 30.6. The van der Waals surface area contributed by atoms with E-state index >= 15 is 0 Å². The first-order chi connectivity index (χ1) is 20.7. The zero-order valence-electron chi connectivity index (χ0n) is 29.6. The molecule has 0 radical (unpaired) electrons. The van der Waals surface area contributed by atoms with Crippen molar-refractivity contribution in [2.24, 2.45) is 0 Å². The number of unbranched alkanes of at least 4 members (excludes halogenated alkanes) is 31. The lowest BCUT2D eigenvalue weighted by Crippen LogP contribution is -2.14. The van der Waals surface area contributed by atoms with E-state index in [1.54, 1.807) is 0 Å². The molecular formula is C40H80O2. The summed E-state index contributed by atoms with van der Waals surface area (Å²) in [4.78, 5) is 12.2. The first kappa shape index (κ1) is 41.5. The van der Waals surface area contributed by atoms with E-state index in [2.05, 4.69) is 20.8 Å². The van der Waals surface area contributed by atoms with E-state index in [0.29, 0.717) is 6.42 Å². The van der Waals surface area contributed by atoms with Crippen molar-refractivity contribution in [3.05, 3.63) is 0 Å². The Bertz CT molecular complexity index is 502. The van der Waals surface area contributed by atoms with Crippen molar-refractivity contribution in [3.8, 4) is 0 Å². The number of rotatable bonds is 36. The molecule has 0 bridgehead atoms. The largest absolute Gasteiger partial charge is 0.463 e. The molecule has 0 N–H and O–H groups in total. The van der Waals surface area contributed by atoms with Gasteiger partial charge in [0.25, 0.3) is 0 Å². The van der Waals surface area contributed by atoms with Crippen molar-refractivity contribution in [1.82, 2.24) is 0 Å². The predicted octanol–water partition coefficient (Wildman–Crippen LogP) is 14.6. The van der Waals surface area contributed by atoms with Crippen molar-refractivity contribution < 1.29 is 9.53 Å². The summed E-state index contributed by atoms with van der Waals surface area (Å²) in [6.07, 6.45) is 47.5. The molecule has 0 amide bonds. The average Bonchev–Trinajstić information content (AvgIpc) is 2.98. The third-order valence-electron chi connectivity index (χ3n) is 9.28. The highest BCUT2D eigenvalue weighted by Gasteiger charge is 2.09. The average molecular weight is 593 g/mol. The molecule has 0 aromatic carbocycles. The molecule has 0 aromatic rings. The highest BCUT2D eigenvalue weighted by Crippen LogP contribution is 2.17. The maximum atomic E-state index is 12.2. The second kappa shape index (κ2) is 36.7. The summed E-state index contributed by atoms with van der Waals surface area (Å²) in [5.41, 5.74) is 0. The Balaban J connectivity index is 3.25. The Morgan fingerprint density at radius 1 is 0.381 bits per heavy atom. The Hall–Kier alpha value is -0.530. The van der Waals surface area contributed by atoms with Crippen molar-refractivity contribution in [1.29, 1.82) is 0 Å². The van der Waals surface area contributed by atoms with Gasteiger partial charge in [-0.3, -0.25) is 4.79 Å². The monoisotopic (exact) mass is 593 g/mol. The molecule has 0 rings (SSSR count). The zero-order valence-corrected chi connectivity index (χ0v) is 29.6. The molecule has 0 aliphatic rings. The van der Waals surface area contributed by atoms with Gasteiger partial charge in [-0.2, -0.15) is 0 Å². The van der Waals surface area contributed by atoms with Crippen LogP contribution < -0.4 is 0 Å². The standard InChI is InChI=1S/C40H80O2/c1-4-6-8-10-12-14-16-18-20-21-22-23-24-26-28-30-32-34-36-38-40(41)42-39(3)37-35-33-31-29-27-25-19-17-15-13-11-9-7-5-2/h39H,4-38H2,1-3H3. The van der Waals surface area contributed by atoms with E-state index in [4.69, 9.17) is 4.74 Å². The summed E-state index contributed by atoms with van der Waals surface area (Å²) in [6.45, 7) is 6.67. The minimum atomic E-state index is 0.0276. The number of carbonyl (C=O) groups excluding carboxylic acids is 1. The summed E-state index contributed by atoms with van der Waals surface area (Å²) in [5.74, 6) is 0.0276. The molecular weight excluding hydrogens is 512 g/mol. The number of carbonyl (C=O) groups is 1. The fraction of sp³-hybridized carbons (Fsp3) is 0.975. The van der Waals surface area contributed by atoms with Crippen molar-refractivity contribution >= 4 is 5.97 Å². The fourth-order valence-corrected chi connectivity index (χ4v) is 6.32. The van der Waals surface area contributed by atoms with Crippen LogP contribution >= 0.6 is 0 Å². The highest BCUT2D eigenvalue weighted by atomic mass is 16.5. The second-order valence-electron chi connectivity index (χ2n) is 13.8. The lowest BCUT2D eigenvalue weighted by atomic mass is 10.0. The van der Waals surface area contributed by atoms with Gasteiger partial charge in [0.15, 0.2) is 0 Å². The van der Waals surface area contributed by atoms with Crippen molar-refractivity contribution in [2.45, 2.75) is 252 Å². The molecule has 0 heterocycles. The van der Waals surface area contributed by atoms with E-state index in [1.807, 2.05) is 0 Å². The maximum Gasteiger partial charge on any atom is 0.306 e. The fourth-order valence-electron chi connectivity index (χ4n) is 6.32. The third-order valence-corrected chi connectivity index (χ3v) is 9.28. The third kappa shape index (κ3) is 35.7. The number of hydrogen-bond donors (Lipinski definition) is 0. The van der Waals surface area contributed by atoms with Crippen LogP contribution in [-0.4, -0.2) is 12.1 Å². The summed E-state index contributed by atoms with van der Waals surface area (Å²) in [5, 5.41) is 0. The molecule has 0 aliphatic heterocycles. The van der Waals surface area contributed by atoms with E-state index in [0.717, 1.165) is 12.8 Å². The van der Waals surface area contributed by atoms with Crippen LogP contribution in [0.25, 0.3) is 0 Å². The first-order valence-corrected chi connectivity index (χ1v) is 19.9. The van der Waals surface area contributed by atoms with Gasteiger partial charge >= 0.3 is 5.97 Å². The van der Waals surface area contributed by atoms with Gasteiger partial charge in [-0.1, -0.05) is 213 Å². The van der Waals surface area contributed by atoms with Crippen LogP contribution in [0.3, 0.4) is 0 Å². The molecule has 42 heavy (non-hydrogen) atoms. The molecule has 0 saturated carbocycles. The molecule has 0 aromatic heterocycles.